The van der Waals surface area contributed by atoms with Crippen molar-refractivity contribution in [1.29, 1.82) is 0 Å². The number of aliphatic hydroxyl groups is 1. The molecule has 0 saturated carbocycles. The van der Waals surface area contributed by atoms with E-state index in [4.69, 9.17) is 4.74 Å². The number of aliphatic hydroxyl groups excluding tert-OH is 1. The van der Waals surface area contributed by atoms with Crippen LogP contribution in [-0.4, -0.2) is 43.9 Å². The Morgan fingerprint density at radius 2 is 1.81 bits per heavy atom. The van der Waals surface area contributed by atoms with Crippen LogP contribution in [0, 0.1) is 6.92 Å². The maximum atomic E-state index is 9.65. The number of benzene rings is 2. The standard InChI is InChI=1S/C21H29N3O2/c1-3-22-21(23-13-14-26-20-11-9-17(2)10-12-20)24-15-19(16-25)18-7-5-4-6-8-18/h4-12,19,25H,3,13-16H2,1-2H3,(H2,22,23,24). The van der Waals surface area contributed by atoms with Gasteiger partial charge in [-0.25, -0.2) is 0 Å². The Hall–Kier alpha value is -2.53. The van der Waals surface area contributed by atoms with Gasteiger partial charge in [0.05, 0.1) is 19.7 Å². The summed E-state index contributed by atoms with van der Waals surface area (Å²) in [5, 5.41) is 16.1. The number of guanidine groups is 1. The molecule has 0 radical (unpaired) electrons. The van der Waals surface area contributed by atoms with Crippen molar-refractivity contribution in [3.63, 3.8) is 0 Å². The molecule has 2 aromatic carbocycles. The summed E-state index contributed by atoms with van der Waals surface area (Å²) in [6, 6.07) is 18.0. The van der Waals surface area contributed by atoms with E-state index in [0.717, 1.165) is 23.8 Å². The van der Waals surface area contributed by atoms with Crippen molar-refractivity contribution in [3.05, 3.63) is 65.7 Å². The summed E-state index contributed by atoms with van der Waals surface area (Å²) in [7, 11) is 0. The topological polar surface area (TPSA) is 65.9 Å². The van der Waals surface area contributed by atoms with Crippen LogP contribution < -0.4 is 15.4 Å². The summed E-state index contributed by atoms with van der Waals surface area (Å²) >= 11 is 0. The Morgan fingerprint density at radius 3 is 2.46 bits per heavy atom. The molecule has 0 fully saturated rings. The number of ether oxygens (including phenoxy) is 1. The van der Waals surface area contributed by atoms with Crippen LogP contribution in [0.15, 0.2) is 59.6 Å². The normalized spacial score (nSPS) is 12.5. The molecule has 5 nitrogen and oxygen atoms in total. The summed E-state index contributed by atoms with van der Waals surface area (Å²) < 4.78 is 5.72. The summed E-state index contributed by atoms with van der Waals surface area (Å²) in [5.41, 5.74) is 2.31. The highest BCUT2D eigenvalue weighted by Gasteiger charge is 2.09. The summed E-state index contributed by atoms with van der Waals surface area (Å²) in [6.45, 7) is 6.66. The number of hydrogen-bond donors (Lipinski definition) is 3. The number of nitrogens with one attached hydrogen (secondary N) is 2. The first kappa shape index (κ1) is 19.8. The van der Waals surface area contributed by atoms with Gasteiger partial charge >= 0.3 is 0 Å². The SMILES string of the molecule is CCNC(=NCC(CO)c1ccccc1)NCCOc1ccc(C)cc1. The van der Waals surface area contributed by atoms with Gasteiger partial charge in [-0.05, 0) is 31.5 Å². The second-order valence-corrected chi connectivity index (χ2v) is 6.10. The van der Waals surface area contributed by atoms with Crippen LogP contribution in [-0.2, 0) is 0 Å². The second-order valence-electron chi connectivity index (χ2n) is 6.10. The molecule has 0 aromatic heterocycles. The molecule has 26 heavy (non-hydrogen) atoms. The highest BCUT2D eigenvalue weighted by Crippen LogP contribution is 2.15. The molecule has 2 rings (SSSR count). The van der Waals surface area contributed by atoms with Gasteiger partial charge in [-0.15, -0.1) is 0 Å². The van der Waals surface area contributed by atoms with Crippen LogP contribution in [0.4, 0.5) is 0 Å². The van der Waals surface area contributed by atoms with Crippen LogP contribution in [0.1, 0.15) is 24.0 Å². The van der Waals surface area contributed by atoms with Crippen molar-refractivity contribution in [1.82, 2.24) is 10.6 Å². The zero-order chi connectivity index (χ0) is 18.6. The first-order valence-electron chi connectivity index (χ1n) is 9.10. The number of nitrogens with zero attached hydrogens (tertiary/aromatic N) is 1. The quantitative estimate of drug-likeness (QED) is 0.368. The third kappa shape index (κ3) is 6.76. The van der Waals surface area contributed by atoms with Crippen molar-refractivity contribution in [2.75, 3.05) is 32.8 Å². The average Bonchev–Trinajstić information content (AvgIpc) is 2.67. The minimum absolute atomic E-state index is 0.00420. The number of hydrogen-bond acceptors (Lipinski definition) is 3. The van der Waals surface area contributed by atoms with E-state index in [1.54, 1.807) is 0 Å². The molecule has 3 N–H and O–H groups in total. The summed E-state index contributed by atoms with van der Waals surface area (Å²) in [4.78, 5) is 4.60. The molecule has 1 atom stereocenters. The lowest BCUT2D eigenvalue weighted by Crippen LogP contribution is -2.39. The van der Waals surface area contributed by atoms with E-state index in [-0.39, 0.29) is 12.5 Å². The number of aryl methyl sites for hydroxylation is 1. The molecule has 0 heterocycles. The van der Waals surface area contributed by atoms with Crippen LogP contribution in [0.25, 0.3) is 0 Å². The van der Waals surface area contributed by atoms with Crippen molar-refractivity contribution >= 4 is 5.96 Å². The number of rotatable bonds is 9. The largest absolute Gasteiger partial charge is 0.492 e. The van der Waals surface area contributed by atoms with Gasteiger partial charge in [0.1, 0.15) is 12.4 Å². The van der Waals surface area contributed by atoms with E-state index in [1.165, 1.54) is 5.56 Å². The molecule has 5 heteroatoms. The molecular weight excluding hydrogens is 326 g/mol. The Bertz CT molecular complexity index is 657. The first-order valence-corrected chi connectivity index (χ1v) is 9.10. The van der Waals surface area contributed by atoms with Gasteiger partial charge < -0.3 is 20.5 Å². The van der Waals surface area contributed by atoms with Gasteiger partial charge in [-0.3, -0.25) is 4.99 Å². The molecule has 0 saturated heterocycles. The predicted molar refractivity (Wildman–Crippen MR) is 107 cm³/mol. The van der Waals surface area contributed by atoms with E-state index < -0.39 is 0 Å². The van der Waals surface area contributed by atoms with E-state index in [2.05, 4.69) is 22.5 Å². The molecule has 0 aliphatic rings. The third-order valence-corrected chi connectivity index (χ3v) is 3.99. The smallest absolute Gasteiger partial charge is 0.191 e. The summed E-state index contributed by atoms with van der Waals surface area (Å²) in [5.74, 6) is 1.59. The zero-order valence-electron chi connectivity index (χ0n) is 15.6. The fraction of sp³-hybridized carbons (Fsp3) is 0.381. The van der Waals surface area contributed by atoms with Gasteiger partial charge in [0.25, 0.3) is 0 Å². The molecule has 0 spiro atoms. The minimum atomic E-state index is -0.00420. The van der Waals surface area contributed by atoms with Crippen LogP contribution in [0.5, 0.6) is 5.75 Å². The minimum Gasteiger partial charge on any atom is -0.492 e. The second kappa shape index (κ2) is 11.2. The molecule has 0 bridgehead atoms. The molecule has 0 aliphatic carbocycles. The highest BCUT2D eigenvalue weighted by molar-refractivity contribution is 5.79. The van der Waals surface area contributed by atoms with Gasteiger partial charge in [0, 0.05) is 12.5 Å². The van der Waals surface area contributed by atoms with Gasteiger partial charge in [0.2, 0.25) is 0 Å². The maximum Gasteiger partial charge on any atom is 0.191 e. The first-order chi connectivity index (χ1) is 12.7. The molecular formula is C21H29N3O2. The van der Waals surface area contributed by atoms with Crippen LogP contribution in [0.2, 0.25) is 0 Å². The molecule has 0 aliphatic heterocycles. The van der Waals surface area contributed by atoms with Crippen LogP contribution in [0.3, 0.4) is 0 Å². The van der Waals surface area contributed by atoms with E-state index in [9.17, 15) is 5.11 Å². The zero-order valence-corrected chi connectivity index (χ0v) is 15.6. The molecule has 0 amide bonds. The fourth-order valence-corrected chi connectivity index (χ4v) is 2.51. The molecule has 140 valence electrons. The lowest BCUT2D eigenvalue weighted by Gasteiger charge is -2.15. The Balaban J connectivity index is 1.82. The number of aliphatic imine (C=N–C) groups is 1. The van der Waals surface area contributed by atoms with Crippen molar-refractivity contribution < 1.29 is 9.84 Å². The highest BCUT2D eigenvalue weighted by atomic mass is 16.5. The molecule has 1 unspecified atom stereocenters. The maximum absolute atomic E-state index is 9.65. The molecule has 2 aromatic rings. The van der Waals surface area contributed by atoms with E-state index >= 15 is 0 Å². The Kier molecular flexibility index (Phi) is 8.49. The lowest BCUT2D eigenvalue weighted by molar-refractivity contribution is 0.268. The Labute approximate surface area is 156 Å². The van der Waals surface area contributed by atoms with E-state index in [1.807, 2.05) is 61.5 Å². The van der Waals surface area contributed by atoms with Gasteiger partial charge in [-0.1, -0.05) is 48.0 Å². The lowest BCUT2D eigenvalue weighted by atomic mass is 10.0. The third-order valence-electron chi connectivity index (χ3n) is 3.99. The fourth-order valence-electron chi connectivity index (χ4n) is 2.51. The summed E-state index contributed by atoms with van der Waals surface area (Å²) in [6.07, 6.45) is 0. The van der Waals surface area contributed by atoms with Gasteiger partial charge in [0.15, 0.2) is 5.96 Å². The van der Waals surface area contributed by atoms with Crippen molar-refractivity contribution in [3.8, 4) is 5.75 Å². The van der Waals surface area contributed by atoms with Crippen molar-refractivity contribution in [2.24, 2.45) is 4.99 Å². The van der Waals surface area contributed by atoms with E-state index in [0.29, 0.717) is 19.7 Å². The monoisotopic (exact) mass is 355 g/mol. The van der Waals surface area contributed by atoms with Gasteiger partial charge in [-0.2, -0.15) is 0 Å². The van der Waals surface area contributed by atoms with Crippen molar-refractivity contribution in [2.45, 2.75) is 19.8 Å². The predicted octanol–water partition coefficient (Wildman–Crippen LogP) is 2.71. The van der Waals surface area contributed by atoms with Crippen LogP contribution >= 0.6 is 0 Å². The Morgan fingerprint density at radius 1 is 1.08 bits per heavy atom. The average molecular weight is 355 g/mol.